The fraction of sp³-hybridized carbons (Fsp3) is 0.611. The molecule has 1 atom stereocenters. The monoisotopic (exact) mass is 363 g/mol. The second-order valence-corrected chi connectivity index (χ2v) is 8.99. The topological polar surface area (TPSA) is 60.9 Å². The summed E-state index contributed by atoms with van der Waals surface area (Å²) in [4.78, 5) is 17.5. The number of rotatable bonds is 3. The van der Waals surface area contributed by atoms with Crippen molar-refractivity contribution in [3.8, 4) is 0 Å². The number of hydrogen-bond donors (Lipinski definition) is 0. The summed E-state index contributed by atoms with van der Waals surface area (Å²) < 4.78 is 27.5. The third-order valence-corrected chi connectivity index (χ3v) is 7.54. The average Bonchev–Trinajstić information content (AvgIpc) is 3.11. The standard InChI is InChI=1S/C18H25N3O3S/c22-18-16-8-6-12-21(16)25(23,24)17-9-3-2-7-15(17)20(18)14-13-19-10-4-1-5-11-19/h2-3,7,9,16H,1,4-6,8,10-14H2/t16-/m0/s1. The minimum atomic E-state index is -3.61. The molecule has 6 nitrogen and oxygen atoms in total. The maximum atomic E-state index is 13.2. The van der Waals surface area contributed by atoms with Crippen LogP contribution in [-0.4, -0.2) is 62.3 Å². The van der Waals surface area contributed by atoms with E-state index in [0.29, 0.717) is 25.2 Å². The van der Waals surface area contributed by atoms with Gasteiger partial charge in [-0.05, 0) is 50.9 Å². The zero-order chi connectivity index (χ0) is 17.4. The van der Waals surface area contributed by atoms with E-state index < -0.39 is 16.1 Å². The molecule has 1 aromatic rings. The van der Waals surface area contributed by atoms with Crippen molar-refractivity contribution in [2.45, 2.75) is 43.0 Å². The Hall–Kier alpha value is -1.44. The van der Waals surface area contributed by atoms with Crippen molar-refractivity contribution in [1.82, 2.24) is 9.21 Å². The van der Waals surface area contributed by atoms with Crippen molar-refractivity contribution in [1.29, 1.82) is 0 Å². The molecule has 3 heterocycles. The SMILES string of the molecule is O=C1[C@@H]2CCCN2S(=O)(=O)c2ccccc2N1CCN1CCCCC1. The fourth-order valence-corrected chi connectivity index (χ4v) is 6.10. The number of nitrogens with zero attached hydrogens (tertiary/aromatic N) is 3. The van der Waals surface area contributed by atoms with Crippen LogP contribution in [0.4, 0.5) is 5.69 Å². The molecule has 2 saturated heterocycles. The zero-order valence-corrected chi connectivity index (χ0v) is 15.2. The van der Waals surface area contributed by atoms with Gasteiger partial charge in [-0.1, -0.05) is 18.6 Å². The second kappa shape index (κ2) is 6.70. The van der Waals surface area contributed by atoms with Gasteiger partial charge in [-0.25, -0.2) is 8.42 Å². The number of sulfonamides is 1. The average molecular weight is 363 g/mol. The molecular weight excluding hydrogens is 338 g/mol. The molecule has 136 valence electrons. The number of piperidine rings is 1. The molecule has 0 unspecified atom stereocenters. The third kappa shape index (κ3) is 2.98. The number of fused-ring (bicyclic) bond motifs is 2. The van der Waals surface area contributed by atoms with Gasteiger partial charge in [0.25, 0.3) is 0 Å². The lowest BCUT2D eigenvalue weighted by atomic mass is 10.1. The van der Waals surface area contributed by atoms with E-state index in [4.69, 9.17) is 0 Å². The fourth-order valence-electron chi connectivity index (χ4n) is 4.25. The molecule has 25 heavy (non-hydrogen) atoms. The summed E-state index contributed by atoms with van der Waals surface area (Å²) in [5.74, 6) is -0.0666. The molecule has 0 radical (unpaired) electrons. The number of hydrogen-bond acceptors (Lipinski definition) is 4. The van der Waals surface area contributed by atoms with Gasteiger partial charge in [0.2, 0.25) is 15.9 Å². The summed E-state index contributed by atoms with van der Waals surface area (Å²) in [6.07, 6.45) is 5.05. The summed E-state index contributed by atoms with van der Waals surface area (Å²) in [6, 6.07) is 6.40. The molecule has 1 amide bonds. The molecule has 7 heteroatoms. The first-order valence-electron chi connectivity index (χ1n) is 9.23. The van der Waals surface area contributed by atoms with Crippen LogP contribution in [0.2, 0.25) is 0 Å². The van der Waals surface area contributed by atoms with Crippen molar-refractivity contribution < 1.29 is 13.2 Å². The molecular formula is C18H25N3O3S. The molecule has 3 aliphatic rings. The first kappa shape index (κ1) is 17.0. The number of carbonyl (C=O) groups is 1. The lowest BCUT2D eigenvalue weighted by molar-refractivity contribution is -0.121. The van der Waals surface area contributed by atoms with Crippen LogP contribution in [0, 0.1) is 0 Å². The van der Waals surface area contributed by atoms with Gasteiger partial charge < -0.3 is 9.80 Å². The Morgan fingerprint density at radius 3 is 2.52 bits per heavy atom. The number of benzene rings is 1. The minimum absolute atomic E-state index is 0.0666. The predicted molar refractivity (Wildman–Crippen MR) is 96.0 cm³/mol. The highest BCUT2D eigenvalue weighted by Gasteiger charge is 2.45. The largest absolute Gasteiger partial charge is 0.308 e. The first-order chi connectivity index (χ1) is 12.1. The molecule has 1 aromatic carbocycles. The van der Waals surface area contributed by atoms with Crippen LogP contribution in [0.5, 0.6) is 0 Å². The van der Waals surface area contributed by atoms with Gasteiger partial charge in [0.15, 0.2) is 0 Å². The minimum Gasteiger partial charge on any atom is -0.308 e. The Kier molecular flexibility index (Phi) is 4.56. The highest BCUT2D eigenvalue weighted by atomic mass is 32.2. The molecule has 0 saturated carbocycles. The number of anilines is 1. The summed E-state index contributed by atoms with van der Waals surface area (Å²) in [5, 5.41) is 0. The van der Waals surface area contributed by atoms with E-state index in [9.17, 15) is 13.2 Å². The molecule has 4 rings (SSSR count). The Balaban J connectivity index is 1.68. The second-order valence-electron chi connectivity index (χ2n) is 7.13. The van der Waals surface area contributed by atoms with Crippen LogP contribution in [0.3, 0.4) is 0 Å². The molecule has 0 aromatic heterocycles. The van der Waals surface area contributed by atoms with E-state index in [1.807, 2.05) is 6.07 Å². The van der Waals surface area contributed by atoms with Crippen molar-refractivity contribution in [3.05, 3.63) is 24.3 Å². The molecule has 0 N–H and O–H groups in total. The summed E-state index contributed by atoms with van der Waals surface area (Å²) in [6.45, 7) is 3.92. The van der Waals surface area contributed by atoms with Crippen molar-refractivity contribution in [3.63, 3.8) is 0 Å². The van der Waals surface area contributed by atoms with E-state index in [-0.39, 0.29) is 10.8 Å². The molecule has 2 fully saturated rings. The number of amides is 1. The van der Waals surface area contributed by atoms with Gasteiger partial charge in [-0.2, -0.15) is 4.31 Å². The first-order valence-corrected chi connectivity index (χ1v) is 10.7. The third-order valence-electron chi connectivity index (χ3n) is 5.59. The van der Waals surface area contributed by atoms with E-state index in [0.717, 1.165) is 26.1 Å². The van der Waals surface area contributed by atoms with E-state index >= 15 is 0 Å². The zero-order valence-electron chi connectivity index (χ0n) is 14.4. The quantitative estimate of drug-likeness (QED) is 0.820. The smallest absolute Gasteiger partial charge is 0.245 e. The molecule has 0 aliphatic carbocycles. The van der Waals surface area contributed by atoms with Crippen LogP contribution in [-0.2, 0) is 14.8 Å². The van der Waals surface area contributed by atoms with Gasteiger partial charge in [0.05, 0.1) is 5.69 Å². The Bertz CT molecular complexity index is 759. The Morgan fingerprint density at radius 2 is 1.72 bits per heavy atom. The predicted octanol–water partition coefficient (Wildman–Crippen LogP) is 1.67. The van der Waals surface area contributed by atoms with Crippen LogP contribution in [0.1, 0.15) is 32.1 Å². The lowest BCUT2D eigenvalue weighted by Crippen LogP contribution is -2.47. The van der Waals surface area contributed by atoms with E-state index in [1.165, 1.54) is 23.6 Å². The van der Waals surface area contributed by atoms with Gasteiger partial charge in [0.1, 0.15) is 10.9 Å². The number of likely N-dealkylation sites (tertiary alicyclic amines) is 1. The summed E-state index contributed by atoms with van der Waals surface area (Å²) in [5.41, 5.74) is 0.541. The molecule has 0 bridgehead atoms. The highest BCUT2D eigenvalue weighted by Crippen LogP contribution is 2.37. The van der Waals surface area contributed by atoms with E-state index in [2.05, 4.69) is 4.90 Å². The Morgan fingerprint density at radius 1 is 0.960 bits per heavy atom. The Labute approximate surface area is 149 Å². The maximum Gasteiger partial charge on any atom is 0.245 e. The lowest BCUT2D eigenvalue weighted by Gasteiger charge is -2.30. The van der Waals surface area contributed by atoms with Crippen molar-refractivity contribution >= 4 is 21.6 Å². The van der Waals surface area contributed by atoms with Crippen LogP contribution >= 0.6 is 0 Å². The normalized spacial score (nSPS) is 27.0. The highest BCUT2D eigenvalue weighted by molar-refractivity contribution is 7.89. The van der Waals surface area contributed by atoms with Gasteiger partial charge in [0, 0.05) is 19.6 Å². The maximum absolute atomic E-state index is 13.2. The number of para-hydroxylation sites is 1. The summed E-state index contributed by atoms with van der Waals surface area (Å²) in [7, 11) is -3.61. The van der Waals surface area contributed by atoms with Crippen molar-refractivity contribution in [2.75, 3.05) is 37.6 Å². The van der Waals surface area contributed by atoms with Crippen LogP contribution < -0.4 is 4.90 Å². The van der Waals surface area contributed by atoms with Gasteiger partial charge in [-0.3, -0.25) is 4.79 Å². The van der Waals surface area contributed by atoms with Crippen molar-refractivity contribution in [2.24, 2.45) is 0 Å². The molecule has 0 spiro atoms. The molecule has 3 aliphatic heterocycles. The van der Waals surface area contributed by atoms with Crippen LogP contribution in [0.25, 0.3) is 0 Å². The van der Waals surface area contributed by atoms with Crippen LogP contribution in [0.15, 0.2) is 29.2 Å². The summed E-state index contributed by atoms with van der Waals surface area (Å²) >= 11 is 0. The van der Waals surface area contributed by atoms with Gasteiger partial charge >= 0.3 is 0 Å². The van der Waals surface area contributed by atoms with Gasteiger partial charge in [-0.15, -0.1) is 0 Å². The number of carbonyl (C=O) groups excluding carboxylic acids is 1. The van der Waals surface area contributed by atoms with E-state index in [1.54, 1.807) is 23.1 Å².